The highest BCUT2D eigenvalue weighted by molar-refractivity contribution is 8.00. The van der Waals surface area contributed by atoms with E-state index >= 15 is 0 Å². The van der Waals surface area contributed by atoms with E-state index < -0.39 is 35.4 Å². The molecule has 2 aromatic heterocycles. The number of nitrogens with two attached hydrogens (primary N) is 1. The van der Waals surface area contributed by atoms with E-state index in [0.717, 1.165) is 16.7 Å². The molecule has 218 valence electrons. The highest BCUT2D eigenvalue weighted by Gasteiger charge is 2.41. The normalized spacial score (nSPS) is 14.2. The van der Waals surface area contributed by atoms with Crippen LogP contribution in [0.5, 0.6) is 5.75 Å². The molecule has 1 atom stereocenters. The predicted molar refractivity (Wildman–Crippen MR) is 162 cm³/mol. The van der Waals surface area contributed by atoms with Gasteiger partial charge in [-0.2, -0.15) is 10.5 Å². The molecule has 0 aliphatic carbocycles. The van der Waals surface area contributed by atoms with Gasteiger partial charge in [-0.1, -0.05) is 30.0 Å². The number of carbonyl (C=O) groups is 4. The monoisotopic (exact) mass is 623 g/mol. The van der Waals surface area contributed by atoms with Crippen LogP contribution in [-0.2, 0) is 14.3 Å². The molecule has 5 rings (SSSR count). The molecular weight excluding hydrogens is 603 g/mol. The molecule has 1 unspecified atom stereocenters. The zero-order valence-corrected chi connectivity index (χ0v) is 24.6. The molecule has 0 bridgehead atoms. The number of ether oxygens (including phenoxy) is 2. The number of hydrogen-bond donors (Lipinski definition) is 1. The summed E-state index contributed by atoms with van der Waals surface area (Å²) >= 11 is 2.25. The van der Waals surface area contributed by atoms with Gasteiger partial charge in [0.25, 0.3) is 0 Å². The number of aromatic nitrogens is 1. The Morgan fingerprint density at radius 1 is 1.07 bits per heavy atom. The van der Waals surface area contributed by atoms with Crippen molar-refractivity contribution in [1.82, 2.24) is 4.98 Å². The smallest absolute Gasteiger partial charge is 0.338 e. The number of imide groups is 1. The fraction of sp³-hybridized carbons (Fsp3) is 0.129. The van der Waals surface area contributed by atoms with E-state index in [9.17, 15) is 29.7 Å². The van der Waals surface area contributed by atoms with Crippen molar-refractivity contribution in [3.05, 3.63) is 88.3 Å². The van der Waals surface area contributed by atoms with Crippen LogP contribution in [0.3, 0.4) is 0 Å². The Morgan fingerprint density at radius 3 is 2.48 bits per heavy atom. The van der Waals surface area contributed by atoms with Crippen LogP contribution in [0.1, 0.15) is 38.3 Å². The zero-order valence-electron chi connectivity index (χ0n) is 23.0. The maximum absolute atomic E-state index is 13.4. The van der Waals surface area contributed by atoms with E-state index in [-0.39, 0.29) is 39.6 Å². The molecule has 2 N–H and O–H groups in total. The summed E-state index contributed by atoms with van der Waals surface area (Å²) in [4.78, 5) is 57.2. The van der Waals surface area contributed by atoms with Crippen molar-refractivity contribution in [3.8, 4) is 28.3 Å². The lowest BCUT2D eigenvalue weighted by molar-refractivity contribution is -0.121. The van der Waals surface area contributed by atoms with Crippen LogP contribution in [0.25, 0.3) is 10.4 Å². The molecule has 13 heteroatoms. The number of ketones is 1. The predicted octanol–water partition coefficient (Wildman–Crippen LogP) is 4.61. The van der Waals surface area contributed by atoms with Crippen molar-refractivity contribution in [1.29, 1.82) is 10.5 Å². The van der Waals surface area contributed by atoms with Gasteiger partial charge in [0, 0.05) is 22.4 Å². The number of nitrogens with zero attached hydrogens (tertiary/aromatic N) is 4. The third-order valence-electron chi connectivity index (χ3n) is 6.63. The van der Waals surface area contributed by atoms with Crippen LogP contribution in [0.4, 0.5) is 11.5 Å². The first-order chi connectivity index (χ1) is 21.2. The molecule has 0 spiro atoms. The van der Waals surface area contributed by atoms with E-state index in [4.69, 9.17) is 15.2 Å². The first kappa shape index (κ1) is 30.0. The SMILES string of the molecule is COc1cccc(C(=O)COC(=O)c2ccc(N3C(=O)CC(Sc4nc(N)c(C#N)c(-c5cccs5)c4C#N)C3=O)cc2)c1. The number of pyridine rings is 1. The maximum atomic E-state index is 13.4. The third-order valence-corrected chi connectivity index (χ3v) is 8.69. The van der Waals surface area contributed by atoms with Gasteiger partial charge in [0.05, 0.1) is 29.2 Å². The van der Waals surface area contributed by atoms with Gasteiger partial charge in [-0.15, -0.1) is 11.3 Å². The highest BCUT2D eigenvalue weighted by Crippen LogP contribution is 2.41. The van der Waals surface area contributed by atoms with Crippen molar-refractivity contribution in [2.75, 3.05) is 24.4 Å². The Hall–Kier alpha value is -5.50. The first-order valence-corrected chi connectivity index (χ1v) is 14.7. The lowest BCUT2D eigenvalue weighted by atomic mass is 10.0. The largest absolute Gasteiger partial charge is 0.497 e. The van der Waals surface area contributed by atoms with Gasteiger partial charge in [0.15, 0.2) is 12.4 Å². The number of methoxy groups -OCH3 is 1. The number of hydrogen-bond acceptors (Lipinski definition) is 12. The molecule has 2 amide bonds. The third kappa shape index (κ3) is 5.87. The molecule has 1 aliphatic heterocycles. The number of Topliss-reactive ketones (excluding diaryl/α,β-unsaturated/α-hetero) is 1. The number of anilines is 2. The van der Waals surface area contributed by atoms with E-state index in [1.165, 1.54) is 48.8 Å². The number of nitrogen functional groups attached to an aromatic ring is 1. The lowest BCUT2D eigenvalue weighted by Crippen LogP contribution is -2.31. The molecule has 11 nitrogen and oxygen atoms in total. The molecular formula is C31H21N5O6S2. The second kappa shape index (κ2) is 12.8. The Balaban J connectivity index is 1.29. The minimum atomic E-state index is -0.905. The second-order valence-corrected chi connectivity index (χ2v) is 11.4. The Morgan fingerprint density at radius 2 is 1.82 bits per heavy atom. The average Bonchev–Trinajstić information content (AvgIpc) is 3.67. The molecule has 0 radical (unpaired) electrons. The number of esters is 1. The molecule has 44 heavy (non-hydrogen) atoms. The number of amides is 2. The van der Waals surface area contributed by atoms with E-state index in [0.29, 0.717) is 21.8 Å². The van der Waals surface area contributed by atoms with E-state index in [2.05, 4.69) is 11.1 Å². The average molecular weight is 624 g/mol. The number of benzene rings is 2. The number of rotatable bonds is 9. The number of thiophene rings is 1. The van der Waals surface area contributed by atoms with Gasteiger partial charge in [-0.25, -0.2) is 14.7 Å². The summed E-state index contributed by atoms with van der Waals surface area (Å²) < 4.78 is 10.3. The first-order valence-electron chi connectivity index (χ1n) is 12.9. The molecule has 1 aliphatic rings. The van der Waals surface area contributed by atoms with Crippen LogP contribution in [0.2, 0.25) is 0 Å². The Labute approximate surface area is 259 Å². The summed E-state index contributed by atoms with van der Waals surface area (Å²) in [7, 11) is 1.48. The van der Waals surface area contributed by atoms with Crippen molar-refractivity contribution < 1.29 is 28.7 Å². The van der Waals surface area contributed by atoms with Gasteiger partial charge in [0.2, 0.25) is 11.8 Å². The van der Waals surface area contributed by atoms with Crippen molar-refractivity contribution in [3.63, 3.8) is 0 Å². The highest BCUT2D eigenvalue weighted by atomic mass is 32.2. The van der Waals surface area contributed by atoms with Crippen molar-refractivity contribution >= 4 is 58.2 Å². The van der Waals surface area contributed by atoms with E-state index in [1.54, 1.807) is 35.7 Å². The number of carbonyl (C=O) groups excluding carboxylic acids is 4. The van der Waals surface area contributed by atoms with Gasteiger partial charge < -0.3 is 15.2 Å². The summed E-state index contributed by atoms with van der Waals surface area (Å²) in [6, 6.07) is 19.7. The number of nitriles is 2. The molecule has 3 heterocycles. The van der Waals surface area contributed by atoms with Gasteiger partial charge >= 0.3 is 5.97 Å². The second-order valence-electron chi connectivity index (χ2n) is 9.28. The Bertz CT molecular complexity index is 1880. The van der Waals surface area contributed by atoms with E-state index in [1.807, 2.05) is 6.07 Å². The fourth-order valence-electron chi connectivity index (χ4n) is 4.49. The minimum Gasteiger partial charge on any atom is -0.497 e. The van der Waals surface area contributed by atoms with Gasteiger partial charge in [0.1, 0.15) is 34.3 Å². The van der Waals surface area contributed by atoms with Gasteiger partial charge in [-0.3, -0.25) is 14.4 Å². The molecule has 2 aromatic carbocycles. The summed E-state index contributed by atoms with van der Waals surface area (Å²) in [5.41, 5.74) is 7.23. The maximum Gasteiger partial charge on any atom is 0.338 e. The Kier molecular flexibility index (Phi) is 8.71. The topological polar surface area (TPSA) is 176 Å². The summed E-state index contributed by atoms with van der Waals surface area (Å²) in [5.74, 6) is -1.77. The standard InChI is InChI=1S/C31H21N5O6S2/c1-41-20-5-2-4-18(12-20)23(37)16-42-31(40)17-7-9-19(10-8-17)36-26(38)13-25(30(36)39)44-29-22(15-33)27(24-6-3-11-43-24)21(14-32)28(34)35-29/h2-12,25H,13,16H2,1H3,(H2,34,35). The summed E-state index contributed by atoms with van der Waals surface area (Å²) in [6.07, 6.45) is -0.166. The molecule has 4 aromatic rings. The van der Waals surface area contributed by atoms with Crippen molar-refractivity contribution in [2.45, 2.75) is 16.7 Å². The van der Waals surface area contributed by atoms with Crippen LogP contribution in [-0.4, -0.2) is 47.5 Å². The van der Waals surface area contributed by atoms with Crippen LogP contribution in [0, 0.1) is 22.7 Å². The van der Waals surface area contributed by atoms with Gasteiger partial charge in [-0.05, 0) is 47.8 Å². The summed E-state index contributed by atoms with van der Waals surface area (Å²) in [5, 5.41) is 20.7. The zero-order chi connectivity index (χ0) is 31.4. The molecule has 1 fully saturated rings. The number of thioether (sulfide) groups is 1. The fourth-order valence-corrected chi connectivity index (χ4v) is 6.39. The molecule has 1 saturated heterocycles. The summed E-state index contributed by atoms with van der Waals surface area (Å²) in [6.45, 7) is -0.484. The minimum absolute atomic E-state index is 0.0621. The molecule has 0 saturated carbocycles. The lowest BCUT2D eigenvalue weighted by Gasteiger charge is -2.16. The van der Waals surface area contributed by atoms with Crippen molar-refractivity contribution in [2.24, 2.45) is 0 Å². The van der Waals surface area contributed by atoms with Crippen LogP contribution >= 0.6 is 23.1 Å². The quantitative estimate of drug-likeness (QED) is 0.156. The van der Waals surface area contributed by atoms with Crippen LogP contribution in [0.15, 0.2) is 71.1 Å². The van der Waals surface area contributed by atoms with Crippen LogP contribution < -0.4 is 15.4 Å².